The molecular weight excluding hydrogens is 220 g/mol. The Hall–Kier alpha value is -0.0800. The first-order valence-corrected chi connectivity index (χ1v) is 7.88. The van der Waals surface area contributed by atoms with E-state index in [1.54, 1.807) is 0 Å². The number of rotatable bonds is 6. The molecule has 0 radical (unpaired) electrons. The highest BCUT2D eigenvalue weighted by Crippen LogP contribution is 2.28. The van der Waals surface area contributed by atoms with Crippen molar-refractivity contribution in [1.82, 2.24) is 4.90 Å². The van der Waals surface area contributed by atoms with E-state index in [0.29, 0.717) is 5.92 Å². The highest BCUT2D eigenvalue weighted by molar-refractivity contribution is 4.84. The fourth-order valence-electron chi connectivity index (χ4n) is 3.30. The van der Waals surface area contributed by atoms with Crippen molar-refractivity contribution >= 4 is 0 Å². The lowest BCUT2D eigenvalue weighted by atomic mass is 9.84. The molecule has 1 rings (SSSR count). The number of hydrogen-bond acceptors (Lipinski definition) is 2. The minimum atomic E-state index is 0.709. The molecule has 0 aliphatic carbocycles. The van der Waals surface area contributed by atoms with Gasteiger partial charge < -0.3 is 10.6 Å². The Kier molecular flexibility index (Phi) is 6.65. The lowest BCUT2D eigenvalue weighted by Gasteiger charge is -2.42. The van der Waals surface area contributed by atoms with E-state index >= 15 is 0 Å². The lowest BCUT2D eigenvalue weighted by Crippen LogP contribution is -2.48. The summed E-state index contributed by atoms with van der Waals surface area (Å²) in [5.74, 6) is 3.11. The zero-order valence-electron chi connectivity index (χ0n) is 13.2. The highest BCUT2D eigenvalue weighted by Gasteiger charge is 2.29. The third-order valence-electron chi connectivity index (χ3n) is 4.45. The van der Waals surface area contributed by atoms with Gasteiger partial charge in [0, 0.05) is 12.6 Å². The van der Waals surface area contributed by atoms with Gasteiger partial charge in [0.25, 0.3) is 0 Å². The summed E-state index contributed by atoms with van der Waals surface area (Å²) >= 11 is 0. The standard InChI is InChI=1S/C16H34N2/c1-12(2)8-16(9-13(3)4)18-7-6-14(5)15(10-17)11-18/h12-16H,6-11,17H2,1-5H3. The van der Waals surface area contributed by atoms with Crippen LogP contribution in [0.5, 0.6) is 0 Å². The second kappa shape index (κ2) is 7.49. The summed E-state index contributed by atoms with van der Waals surface area (Å²) in [5, 5.41) is 0. The normalized spacial score (nSPS) is 26.5. The van der Waals surface area contributed by atoms with Crippen LogP contribution < -0.4 is 5.73 Å². The fourth-order valence-corrected chi connectivity index (χ4v) is 3.30. The first-order chi connectivity index (χ1) is 8.43. The second-order valence-corrected chi connectivity index (χ2v) is 7.17. The molecule has 2 heteroatoms. The van der Waals surface area contributed by atoms with Crippen LogP contribution in [0.4, 0.5) is 0 Å². The van der Waals surface area contributed by atoms with Gasteiger partial charge in [0.05, 0.1) is 0 Å². The number of piperidine rings is 1. The molecule has 2 atom stereocenters. The predicted molar refractivity (Wildman–Crippen MR) is 80.6 cm³/mol. The van der Waals surface area contributed by atoms with Crippen LogP contribution in [-0.2, 0) is 0 Å². The van der Waals surface area contributed by atoms with Crippen LogP contribution in [0.25, 0.3) is 0 Å². The molecule has 18 heavy (non-hydrogen) atoms. The van der Waals surface area contributed by atoms with Crippen molar-refractivity contribution in [3.8, 4) is 0 Å². The summed E-state index contributed by atoms with van der Waals surface area (Å²) in [6.07, 6.45) is 4.00. The Morgan fingerprint density at radius 3 is 2.11 bits per heavy atom. The molecule has 1 fully saturated rings. The van der Waals surface area contributed by atoms with Gasteiger partial charge in [-0.2, -0.15) is 0 Å². The summed E-state index contributed by atoms with van der Waals surface area (Å²) in [6.45, 7) is 15.1. The molecule has 0 spiro atoms. The van der Waals surface area contributed by atoms with Crippen molar-refractivity contribution in [3.05, 3.63) is 0 Å². The Labute approximate surface area is 114 Å². The molecule has 0 amide bonds. The van der Waals surface area contributed by atoms with E-state index in [9.17, 15) is 0 Å². The molecule has 0 aromatic rings. The van der Waals surface area contributed by atoms with Gasteiger partial charge in [-0.05, 0) is 56.0 Å². The molecule has 1 saturated heterocycles. The predicted octanol–water partition coefficient (Wildman–Crippen LogP) is 3.36. The summed E-state index contributed by atoms with van der Waals surface area (Å²) in [5.41, 5.74) is 5.93. The molecule has 2 N–H and O–H groups in total. The van der Waals surface area contributed by atoms with Crippen molar-refractivity contribution in [3.63, 3.8) is 0 Å². The van der Waals surface area contributed by atoms with Crippen LogP contribution in [0, 0.1) is 23.7 Å². The zero-order valence-corrected chi connectivity index (χ0v) is 13.2. The molecule has 1 aliphatic rings. The van der Waals surface area contributed by atoms with Crippen LogP contribution in [0.2, 0.25) is 0 Å². The summed E-state index contributed by atoms with van der Waals surface area (Å²) in [4.78, 5) is 2.73. The minimum absolute atomic E-state index is 0.709. The molecule has 108 valence electrons. The van der Waals surface area contributed by atoms with Crippen LogP contribution in [0.15, 0.2) is 0 Å². The largest absolute Gasteiger partial charge is 0.330 e. The number of hydrogen-bond donors (Lipinski definition) is 1. The number of likely N-dealkylation sites (tertiary alicyclic amines) is 1. The van der Waals surface area contributed by atoms with Gasteiger partial charge in [-0.3, -0.25) is 0 Å². The van der Waals surface area contributed by atoms with Crippen molar-refractivity contribution in [2.75, 3.05) is 19.6 Å². The molecule has 1 heterocycles. The van der Waals surface area contributed by atoms with Crippen molar-refractivity contribution < 1.29 is 0 Å². The highest BCUT2D eigenvalue weighted by atomic mass is 15.2. The van der Waals surface area contributed by atoms with Crippen LogP contribution >= 0.6 is 0 Å². The van der Waals surface area contributed by atoms with E-state index in [-0.39, 0.29) is 0 Å². The maximum absolute atomic E-state index is 5.93. The van der Waals surface area contributed by atoms with Crippen molar-refractivity contribution in [1.29, 1.82) is 0 Å². The van der Waals surface area contributed by atoms with E-state index in [1.165, 1.54) is 32.4 Å². The average molecular weight is 254 g/mol. The summed E-state index contributed by atoms with van der Waals surface area (Å²) in [6, 6.07) is 0.770. The molecule has 2 nitrogen and oxygen atoms in total. The molecular formula is C16H34N2. The van der Waals surface area contributed by atoms with Gasteiger partial charge in [0.15, 0.2) is 0 Å². The number of nitrogens with zero attached hydrogens (tertiary/aromatic N) is 1. The smallest absolute Gasteiger partial charge is 0.0100 e. The van der Waals surface area contributed by atoms with E-state index < -0.39 is 0 Å². The van der Waals surface area contributed by atoms with E-state index in [2.05, 4.69) is 39.5 Å². The maximum Gasteiger partial charge on any atom is 0.0100 e. The van der Waals surface area contributed by atoms with E-state index in [1.807, 2.05) is 0 Å². The summed E-state index contributed by atoms with van der Waals surface area (Å²) in [7, 11) is 0. The Morgan fingerprint density at radius 2 is 1.67 bits per heavy atom. The maximum atomic E-state index is 5.93. The number of nitrogens with two attached hydrogens (primary N) is 1. The second-order valence-electron chi connectivity index (χ2n) is 7.17. The van der Waals surface area contributed by atoms with Crippen LogP contribution in [0.1, 0.15) is 53.9 Å². The Balaban J connectivity index is 2.61. The van der Waals surface area contributed by atoms with Gasteiger partial charge >= 0.3 is 0 Å². The average Bonchev–Trinajstić information content (AvgIpc) is 2.27. The van der Waals surface area contributed by atoms with E-state index in [4.69, 9.17) is 5.73 Å². The molecule has 0 saturated carbocycles. The van der Waals surface area contributed by atoms with Crippen molar-refractivity contribution in [2.24, 2.45) is 29.4 Å². The molecule has 0 aromatic carbocycles. The van der Waals surface area contributed by atoms with Gasteiger partial charge in [-0.1, -0.05) is 34.6 Å². The SMILES string of the molecule is CC(C)CC(CC(C)C)N1CCC(C)C(CN)C1. The fraction of sp³-hybridized carbons (Fsp3) is 1.00. The van der Waals surface area contributed by atoms with Gasteiger partial charge in [0.2, 0.25) is 0 Å². The van der Waals surface area contributed by atoms with Gasteiger partial charge in [0.1, 0.15) is 0 Å². The first kappa shape index (κ1) is 16.0. The molecule has 0 bridgehead atoms. The van der Waals surface area contributed by atoms with Crippen molar-refractivity contribution in [2.45, 2.75) is 59.9 Å². The van der Waals surface area contributed by atoms with Crippen LogP contribution in [0.3, 0.4) is 0 Å². The monoisotopic (exact) mass is 254 g/mol. The first-order valence-electron chi connectivity index (χ1n) is 7.88. The van der Waals surface area contributed by atoms with E-state index in [0.717, 1.165) is 30.3 Å². The van der Waals surface area contributed by atoms with Gasteiger partial charge in [-0.15, -0.1) is 0 Å². The Morgan fingerprint density at radius 1 is 1.11 bits per heavy atom. The lowest BCUT2D eigenvalue weighted by molar-refractivity contribution is 0.0708. The molecule has 2 unspecified atom stereocenters. The quantitative estimate of drug-likeness (QED) is 0.787. The third kappa shape index (κ3) is 4.89. The molecule has 0 aromatic heterocycles. The van der Waals surface area contributed by atoms with Gasteiger partial charge in [-0.25, -0.2) is 0 Å². The third-order valence-corrected chi connectivity index (χ3v) is 4.45. The topological polar surface area (TPSA) is 29.3 Å². The molecule has 1 aliphatic heterocycles. The Bertz CT molecular complexity index is 215. The summed E-state index contributed by atoms with van der Waals surface area (Å²) < 4.78 is 0. The van der Waals surface area contributed by atoms with Crippen LogP contribution in [-0.4, -0.2) is 30.6 Å². The zero-order chi connectivity index (χ0) is 13.7. The minimum Gasteiger partial charge on any atom is -0.330 e.